The summed E-state index contributed by atoms with van der Waals surface area (Å²) >= 11 is 1.37. The van der Waals surface area contributed by atoms with Crippen LogP contribution in [-0.2, 0) is 0 Å². The van der Waals surface area contributed by atoms with Gasteiger partial charge in [-0.1, -0.05) is 27.2 Å². The molecular formula is C11H18N2OS. The number of ether oxygens (including phenoxy) is 1. The number of hydrogen-bond acceptors (Lipinski definition) is 4. The van der Waals surface area contributed by atoms with Crippen molar-refractivity contribution in [3.63, 3.8) is 0 Å². The quantitative estimate of drug-likeness (QED) is 0.791. The molecule has 0 radical (unpaired) electrons. The Morgan fingerprint density at radius 1 is 1.40 bits per heavy atom. The van der Waals surface area contributed by atoms with Crippen LogP contribution in [0.3, 0.4) is 0 Å². The molecule has 0 saturated heterocycles. The third kappa shape index (κ3) is 1.75. The summed E-state index contributed by atoms with van der Waals surface area (Å²) in [6, 6.07) is 0. The lowest BCUT2D eigenvalue weighted by Gasteiger charge is -1.97. The molecule has 1 fully saturated rings. The molecular weight excluding hydrogens is 208 g/mol. The van der Waals surface area contributed by atoms with Crippen LogP contribution in [0.15, 0.2) is 0 Å². The molecule has 4 heteroatoms. The molecule has 2 rings (SSSR count). The first-order valence-electron chi connectivity index (χ1n) is 5.57. The number of nitrogens with zero attached hydrogens (tertiary/aromatic N) is 2. The van der Waals surface area contributed by atoms with Crippen molar-refractivity contribution in [3.05, 3.63) is 5.82 Å². The van der Waals surface area contributed by atoms with Crippen LogP contribution >= 0.6 is 11.5 Å². The van der Waals surface area contributed by atoms with Crippen LogP contribution in [0.5, 0.6) is 5.19 Å². The van der Waals surface area contributed by atoms with E-state index in [1.165, 1.54) is 18.0 Å². The van der Waals surface area contributed by atoms with E-state index in [2.05, 4.69) is 30.1 Å². The van der Waals surface area contributed by atoms with Gasteiger partial charge in [-0.05, 0) is 18.3 Å². The minimum Gasteiger partial charge on any atom is -0.469 e. The van der Waals surface area contributed by atoms with Gasteiger partial charge in [0.15, 0.2) is 0 Å². The molecule has 0 aromatic carbocycles. The molecule has 15 heavy (non-hydrogen) atoms. The van der Waals surface area contributed by atoms with Crippen molar-refractivity contribution in [2.45, 2.75) is 40.0 Å². The highest BCUT2D eigenvalue weighted by atomic mass is 32.1. The fourth-order valence-electron chi connectivity index (χ4n) is 2.55. The van der Waals surface area contributed by atoms with Gasteiger partial charge in [-0.3, -0.25) is 0 Å². The van der Waals surface area contributed by atoms with E-state index < -0.39 is 0 Å². The molecule has 0 aliphatic heterocycles. The highest BCUT2D eigenvalue weighted by molar-refractivity contribution is 7.07. The van der Waals surface area contributed by atoms with Crippen molar-refractivity contribution < 1.29 is 4.74 Å². The topological polar surface area (TPSA) is 35.0 Å². The van der Waals surface area contributed by atoms with Crippen LogP contribution in [0.1, 0.15) is 45.9 Å². The summed E-state index contributed by atoms with van der Waals surface area (Å²) in [6.45, 7) is 9.47. The van der Waals surface area contributed by atoms with Crippen molar-refractivity contribution in [3.8, 4) is 5.19 Å². The minimum absolute atomic E-state index is 0.374. The predicted octanol–water partition coefficient (Wildman–Crippen LogP) is 3.09. The third-order valence-electron chi connectivity index (χ3n) is 3.46. The third-order valence-corrected chi connectivity index (χ3v) is 4.10. The van der Waals surface area contributed by atoms with Gasteiger partial charge in [0.2, 0.25) is 0 Å². The Hall–Kier alpha value is -0.640. The van der Waals surface area contributed by atoms with Gasteiger partial charge in [0.1, 0.15) is 5.82 Å². The summed E-state index contributed by atoms with van der Waals surface area (Å²) in [5.41, 5.74) is 0.374. The molecule has 1 aliphatic rings. The lowest BCUT2D eigenvalue weighted by Crippen LogP contribution is -1.93. The summed E-state index contributed by atoms with van der Waals surface area (Å²) in [5.74, 6) is 2.26. The average Bonchev–Trinajstić information content (AvgIpc) is 2.57. The van der Waals surface area contributed by atoms with Gasteiger partial charge in [-0.2, -0.15) is 9.36 Å². The van der Waals surface area contributed by atoms with Gasteiger partial charge >= 0.3 is 0 Å². The smallest absolute Gasteiger partial charge is 0.293 e. The van der Waals surface area contributed by atoms with E-state index in [4.69, 9.17) is 4.74 Å². The highest BCUT2D eigenvalue weighted by Gasteiger charge is 2.59. The van der Waals surface area contributed by atoms with Crippen LogP contribution in [0.4, 0.5) is 0 Å². The second kappa shape index (κ2) is 3.74. The highest BCUT2D eigenvalue weighted by Crippen LogP contribution is 2.65. The summed E-state index contributed by atoms with van der Waals surface area (Å²) < 4.78 is 9.74. The molecule has 0 N–H and O–H groups in total. The molecule has 0 bridgehead atoms. The van der Waals surface area contributed by atoms with Crippen LogP contribution < -0.4 is 4.74 Å². The first kappa shape index (κ1) is 10.9. The predicted molar refractivity (Wildman–Crippen MR) is 61.4 cm³/mol. The summed E-state index contributed by atoms with van der Waals surface area (Å²) in [5, 5.41) is 0.713. The summed E-state index contributed by atoms with van der Waals surface area (Å²) in [7, 11) is 0. The zero-order valence-electron chi connectivity index (χ0n) is 9.78. The maximum atomic E-state index is 5.35. The van der Waals surface area contributed by atoms with Crippen molar-refractivity contribution in [2.75, 3.05) is 6.61 Å². The monoisotopic (exact) mass is 226 g/mol. The summed E-state index contributed by atoms with van der Waals surface area (Å²) in [4.78, 5) is 4.44. The first-order valence-corrected chi connectivity index (χ1v) is 6.35. The second-order valence-electron chi connectivity index (χ2n) is 4.67. The standard InChI is InChI=1S/C11H18N2OS/c1-5-7-8(11(7,3)4)9-12-10(14-6-2)15-13-9/h7-8H,5-6H2,1-4H3/t7-,8+/m1/s1. The van der Waals surface area contributed by atoms with Crippen molar-refractivity contribution in [1.29, 1.82) is 0 Å². The second-order valence-corrected chi connectivity index (χ2v) is 5.38. The molecule has 84 valence electrons. The Balaban J connectivity index is 2.11. The van der Waals surface area contributed by atoms with E-state index in [0.717, 1.165) is 11.7 Å². The number of aromatic nitrogens is 2. The van der Waals surface area contributed by atoms with Gasteiger partial charge in [-0.25, -0.2) is 0 Å². The zero-order valence-corrected chi connectivity index (χ0v) is 10.6. The van der Waals surface area contributed by atoms with Crippen molar-refractivity contribution >= 4 is 11.5 Å². The maximum Gasteiger partial charge on any atom is 0.293 e. The van der Waals surface area contributed by atoms with E-state index in [-0.39, 0.29) is 0 Å². The molecule has 3 nitrogen and oxygen atoms in total. The molecule has 0 unspecified atom stereocenters. The van der Waals surface area contributed by atoms with E-state index in [0.29, 0.717) is 23.1 Å². The molecule has 0 amide bonds. The summed E-state index contributed by atoms with van der Waals surface area (Å²) in [6.07, 6.45) is 1.21. The SMILES string of the molecule is CCOc1nc([C@@H]2[C@@H](CC)C2(C)C)ns1. The normalized spacial score (nSPS) is 27.7. The Bertz CT molecular complexity index is 348. The fraction of sp³-hybridized carbons (Fsp3) is 0.818. The van der Waals surface area contributed by atoms with Crippen LogP contribution in [0.2, 0.25) is 0 Å². The van der Waals surface area contributed by atoms with E-state index in [1.54, 1.807) is 0 Å². The van der Waals surface area contributed by atoms with Gasteiger partial charge in [-0.15, -0.1) is 0 Å². The lowest BCUT2D eigenvalue weighted by molar-refractivity contribution is 0.337. The Kier molecular flexibility index (Phi) is 2.71. The molecule has 1 saturated carbocycles. The first-order chi connectivity index (χ1) is 7.11. The van der Waals surface area contributed by atoms with Gasteiger partial charge in [0.25, 0.3) is 5.19 Å². The van der Waals surface area contributed by atoms with Crippen molar-refractivity contribution in [1.82, 2.24) is 9.36 Å². The molecule has 2 atom stereocenters. The molecule has 1 aromatic rings. The fourth-order valence-corrected chi connectivity index (χ4v) is 3.18. The Morgan fingerprint density at radius 2 is 2.13 bits per heavy atom. The minimum atomic E-state index is 0.374. The average molecular weight is 226 g/mol. The van der Waals surface area contributed by atoms with Gasteiger partial charge in [0, 0.05) is 17.5 Å². The van der Waals surface area contributed by atoms with E-state index in [1.807, 2.05) is 6.92 Å². The van der Waals surface area contributed by atoms with Gasteiger partial charge in [0.05, 0.1) is 6.61 Å². The van der Waals surface area contributed by atoms with E-state index in [9.17, 15) is 0 Å². The Morgan fingerprint density at radius 3 is 2.67 bits per heavy atom. The van der Waals surface area contributed by atoms with Gasteiger partial charge < -0.3 is 4.74 Å². The molecule has 1 aliphatic carbocycles. The van der Waals surface area contributed by atoms with Crippen LogP contribution in [-0.4, -0.2) is 16.0 Å². The number of hydrogen-bond donors (Lipinski definition) is 0. The largest absolute Gasteiger partial charge is 0.469 e. The maximum absolute atomic E-state index is 5.35. The molecule has 1 aromatic heterocycles. The van der Waals surface area contributed by atoms with Crippen LogP contribution in [0, 0.1) is 11.3 Å². The Labute approximate surface area is 95.0 Å². The van der Waals surface area contributed by atoms with Crippen molar-refractivity contribution in [2.24, 2.45) is 11.3 Å². The molecule has 0 spiro atoms. The zero-order chi connectivity index (χ0) is 11.1. The lowest BCUT2D eigenvalue weighted by atomic mass is 10.1. The van der Waals surface area contributed by atoms with Crippen LogP contribution in [0.25, 0.3) is 0 Å². The number of rotatable bonds is 4. The molecule has 1 heterocycles. The van der Waals surface area contributed by atoms with E-state index >= 15 is 0 Å².